The van der Waals surface area contributed by atoms with Gasteiger partial charge in [-0.05, 0) is 19.3 Å². The fourth-order valence-corrected chi connectivity index (χ4v) is 1.94. The molecule has 2 rings (SSSR count). The summed E-state index contributed by atoms with van der Waals surface area (Å²) in [6.45, 7) is 0. The number of hydrogen-bond donors (Lipinski definition) is 0. The Labute approximate surface area is 69.6 Å². The van der Waals surface area contributed by atoms with E-state index in [1.165, 1.54) is 7.11 Å². The molecule has 2 fully saturated rings. The number of ether oxygens (including phenoxy) is 2. The van der Waals surface area contributed by atoms with E-state index < -0.39 is 11.0 Å². The quantitative estimate of drug-likeness (QED) is 0.341. The van der Waals surface area contributed by atoms with E-state index >= 15 is 0 Å². The highest BCUT2D eigenvalue weighted by Gasteiger charge is 2.77. The van der Waals surface area contributed by atoms with E-state index in [0.717, 1.165) is 19.3 Å². The van der Waals surface area contributed by atoms with Crippen LogP contribution in [0.5, 0.6) is 0 Å². The number of hydrogen-bond acceptors (Lipinski definition) is 3. The zero-order chi connectivity index (χ0) is 8.11. The summed E-state index contributed by atoms with van der Waals surface area (Å²) in [6, 6.07) is 0. The van der Waals surface area contributed by atoms with E-state index in [9.17, 15) is 4.79 Å². The smallest absolute Gasteiger partial charge is 0.357 e. The highest BCUT2D eigenvalue weighted by molar-refractivity contribution is 6.36. The Morgan fingerprint density at radius 1 is 1.64 bits per heavy atom. The molecule has 2 aliphatic rings. The van der Waals surface area contributed by atoms with Crippen LogP contribution >= 0.6 is 11.6 Å². The first-order valence-electron chi connectivity index (χ1n) is 3.62. The van der Waals surface area contributed by atoms with E-state index in [1.54, 1.807) is 0 Å². The molecule has 0 bridgehead atoms. The van der Waals surface area contributed by atoms with Gasteiger partial charge >= 0.3 is 5.97 Å². The second-order valence-electron chi connectivity index (χ2n) is 3.04. The standard InChI is InChI=1S/C7H9ClO3/c1-10-5(9)7(8)6(11-7)3-2-4-6/h2-4H2,1H3. The topological polar surface area (TPSA) is 38.8 Å². The maximum absolute atomic E-state index is 11.0. The molecule has 0 N–H and O–H groups in total. The molecule has 1 heterocycles. The van der Waals surface area contributed by atoms with Crippen LogP contribution in [0.1, 0.15) is 19.3 Å². The fourth-order valence-electron chi connectivity index (χ4n) is 1.52. The molecule has 0 radical (unpaired) electrons. The summed E-state index contributed by atoms with van der Waals surface area (Å²) < 4.78 is 9.68. The molecule has 1 unspecified atom stereocenters. The zero-order valence-corrected chi connectivity index (χ0v) is 6.98. The third-order valence-electron chi connectivity index (χ3n) is 2.49. The Morgan fingerprint density at radius 3 is 2.55 bits per heavy atom. The van der Waals surface area contributed by atoms with Crippen LogP contribution in [-0.4, -0.2) is 23.7 Å². The van der Waals surface area contributed by atoms with Gasteiger partial charge in [0.2, 0.25) is 0 Å². The van der Waals surface area contributed by atoms with Crippen molar-refractivity contribution in [1.82, 2.24) is 0 Å². The van der Waals surface area contributed by atoms with Crippen LogP contribution in [0.2, 0.25) is 0 Å². The third kappa shape index (κ3) is 0.702. The van der Waals surface area contributed by atoms with Crippen molar-refractivity contribution in [3.8, 4) is 0 Å². The van der Waals surface area contributed by atoms with Gasteiger partial charge in [0.1, 0.15) is 5.60 Å². The Kier molecular flexibility index (Phi) is 1.27. The first-order valence-corrected chi connectivity index (χ1v) is 4.00. The van der Waals surface area contributed by atoms with Crippen LogP contribution in [0.4, 0.5) is 0 Å². The molecule has 62 valence electrons. The van der Waals surface area contributed by atoms with Gasteiger partial charge in [-0.1, -0.05) is 11.6 Å². The lowest BCUT2D eigenvalue weighted by molar-refractivity contribution is -0.143. The summed E-state index contributed by atoms with van der Waals surface area (Å²) in [6.07, 6.45) is 2.85. The second kappa shape index (κ2) is 1.90. The van der Waals surface area contributed by atoms with Gasteiger partial charge < -0.3 is 9.47 Å². The van der Waals surface area contributed by atoms with Crippen molar-refractivity contribution in [3.05, 3.63) is 0 Å². The van der Waals surface area contributed by atoms with E-state index in [-0.39, 0.29) is 5.60 Å². The number of methoxy groups -OCH3 is 1. The van der Waals surface area contributed by atoms with E-state index in [4.69, 9.17) is 16.3 Å². The summed E-state index contributed by atoms with van der Waals surface area (Å²) in [5.74, 6) is -0.459. The van der Waals surface area contributed by atoms with Crippen molar-refractivity contribution in [2.45, 2.75) is 29.9 Å². The minimum absolute atomic E-state index is 0.359. The first kappa shape index (κ1) is 7.37. The summed E-state index contributed by atoms with van der Waals surface area (Å²) in [4.78, 5) is 11.0. The summed E-state index contributed by atoms with van der Waals surface area (Å²) in [5, 5.41) is -1.14. The van der Waals surface area contributed by atoms with Gasteiger partial charge in [0, 0.05) is 0 Å². The molecule has 3 nitrogen and oxygen atoms in total. The number of carbonyl (C=O) groups excluding carboxylic acids is 1. The molecule has 11 heavy (non-hydrogen) atoms. The number of carbonyl (C=O) groups is 1. The van der Waals surface area contributed by atoms with Crippen molar-refractivity contribution in [1.29, 1.82) is 0 Å². The van der Waals surface area contributed by atoms with Gasteiger partial charge in [0.05, 0.1) is 7.11 Å². The number of esters is 1. The number of alkyl halides is 1. The van der Waals surface area contributed by atoms with Crippen LogP contribution in [0.25, 0.3) is 0 Å². The molecule has 1 spiro atoms. The average molecular weight is 177 g/mol. The molecule has 0 aromatic heterocycles. The average Bonchev–Trinajstić information content (AvgIpc) is 2.56. The van der Waals surface area contributed by atoms with Crippen LogP contribution in [0.3, 0.4) is 0 Å². The number of epoxide rings is 1. The van der Waals surface area contributed by atoms with Crippen LogP contribution < -0.4 is 0 Å². The third-order valence-corrected chi connectivity index (χ3v) is 3.07. The van der Waals surface area contributed by atoms with Crippen molar-refractivity contribution in [2.24, 2.45) is 0 Å². The van der Waals surface area contributed by atoms with E-state index in [2.05, 4.69) is 4.74 Å². The zero-order valence-electron chi connectivity index (χ0n) is 6.22. The van der Waals surface area contributed by atoms with Gasteiger partial charge in [-0.3, -0.25) is 0 Å². The summed E-state index contributed by atoms with van der Waals surface area (Å²) in [5.41, 5.74) is -0.359. The number of rotatable bonds is 1. The predicted molar refractivity (Wildman–Crippen MR) is 38.3 cm³/mol. The lowest BCUT2D eigenvalue weighted by Crippen LogP contribution is -2.35. The molecule has 0 aromatic carbocycles. The van der Waals surface area contributed by atoms with Gasteiger partial charge in [-0.25, -0.2) is 4.79 Å². The normalized spacial score (nSPS) is 38.0. The van der Waals surface area contributed by atoms with Crippen LogP contribution in [0.15, 0.2) is 0 Å². The SMILES string of the molecule is COC(=O)C1(Cl)OC12CCC2. The lowest BCUT2D eigenvalue weighted by atomic mass is 9.82. The van der Waals surface area contributed by atoms with Gasteiger partial charge in [-0.2, -0.15) is 0 Å². The highest BCUT2D eigenvalue weighted by atomic mass is 35.5. The largest absolute Gasteiger partial charge is 0.466 e. The molecule has 1 aliphatic heterocycles. The van der Waals surface area contributed by atoms with Crippen molar-refractivity contribution < 1.29 is 14.3 Å². The second-order valence-corrected chi connectivity index (χ2v) is 3.57. The predicted octanol–water partition coefficient (Wildman–Crippen LogP) is 1.05. The minimum atomic E-state index is -1.14. The van der Waals surface area contributed by atoms with Crippen LogP contribution in [0, 0.1) is 0 Å². The Hall–Kier alpha value is -0.280. The van der Waals surface area contributed by atoms with E-state index in [0.29, 0.717) is 0 Å². The van der Waals surface area contributed by atoms with Gasteiger partial charge in [0.25, 0.3) is 5.06 Å². The molecule has 1 saturated carbocycles. The Morgan fingerprint density at radius 2 is 2.27 bits per heavy atom. The molecular formula is C7H9ClO3. The molecule has 0 amide bonds. The molecule has 0 aromatic rings. The van der Waals surface area contributed by atoms with E-state index in [1.807, 2.05) is 0 Å². The molecule has 1 aliphatic carbocycles. The maximum Gasteiger partial charge on any atom is 0.357 e. The lowest BCUT2D eigenvalue weighted by Gasteiger charge is -2.22. The van der Waals surface area contributed by atoms with Crippen LogP contribution in [-0.2, 0) is 14.3 Å². The summed E-state index contributed by atoms with van der Waals surface area (Å²) >= 11 is 5.86. The molecule has 4 heteroatoms. The minimum Gasteiger partial charge on any atom is -0.466 e. The Balaban J connectivity index is 2.10. The monoisotopic (exact) mass is 176 g/mol. The molecule has 1 atom stereocenters. The van der Waals surface area contributed by atoms with Crippen molar-refractivity contribution in [3.63, 3.8) is 0 Å². The van der Waals surface area contributed by atoms with Crippen molar-refractivity contribution >= 4 is 17.6 Å². The van der Waals surface area contributed by atoms with Gasteiger partial charge in [0.15, 0.2) is 0 Å². The molecular weight excluding hydrogens is 168 g/mol. The highest BCUT2D eigenvalue weighted by Crippen LogP contribution is 2.63. The molecule has 1 saturated heterocycles. The number of halogens is 1. The van der Waals surface area contributed by atoms with Crippen molar-refractivity contribution in [2.75, 3.05) is 7.11 Å². The van der Waals surface area contributed by atoms with Gasteiger partial charge in [-0.15, -0.1) is 0 Å². The first-order chi connectivity index (χ1) is 5.15. The Bertz CT molecular complexity index is 212. The maximum atomic E-state index is 11.0. The fraction of sp³-hybridized carbons (Fsp3) is 0.857. The summed E-state index contributed by atoms with van der Waals surface area (Å²) in [7, 11) is 1.32.